The highest BCUT2D eigenvalue weighted by atomic mass is 31.2. The van der Waals surface area contributed by atoms with Crippen molar-refractivity contribution in [3.05, 3.63) is 97.2 Å². The predicted octanol–water partition coefficient (Wildman–Crippen LogP) is 9.72. The molecule has 0 saturated carbocycles. The topological polar surface area (TPSA) is 172 Å². The van der Waals surface area contributed by atoms with Crippen LogP contribution in [-0.2, 0) is 37.5 Å². The molecule has 0 rings (SSSR count). The van der Waals surface area contributed by atoms with Gasteiger partial charge in [0.25, 0.3) is 0 Å². The zero-order chi connectivity index (χ0) is 40.0. The maximum Gasteiger partial charge on any atom is 0.472 e. The van der Waals surface area contributed by atoms with Crippen molar-refractivity contribution in [1.29, 1.82) is 0 Å². The molecule has 0 aliphatic carbocycles. The number of aliphatic carboxylic acids is 1. The molecular weight excluding hydrogens is 709 g/mol. The molecule has 0 heterocycles. The van der Waals surface area contributed by atoms with Gasteiger partial charge >= 0.3 is 25.7 Å². The van der Waals surface area contributed by atoms with E-state index in [-0.39, 0.29) is 19.4 Å². The monoisotopic (exact) mass is 775 g/mol. The number of unbranched alkanes of at least 4 members (excludes halogenated alkanes) is 10. The Hall–Kier alpha value is -3.60. The Morgan fingerprint density at radius 2 is 0.981 bits per heavy atom. The number of hydrogen-bond acceptors (Lipinski definition) is 9. The molecular formula is C42H66NO10P. The smallest absolute Gasteiger partial charge is 0.472 e. The van der Waals surface area contributed by atoms with Crippen LogP contribution in [0.15, 0.2) is 97.2 Å². The number of esters is 2. The third kappa shape index (κ3) is 35.4. The summed E-state index contributed by atoms with van der Waals surface area (Å²) in [7, 11) is -4.73. The molecule has 3 atom stereocenters. The number of carbonyl (C=O) groups excluding carboxylic acids is 2. The molecule has 0 bridgehead atoms. The van der Waals surface area contributed by atoms with Crippen LogP contribution in [0.4, 0.5) is 0 Å². The summed E-state index contributed by atoms with van der Waals surface area (Å²) in [5.41, 5.74) is 5.32. The third-order valence-electron chi connectivity index (χ3n) is 7.52. The van der Waals surface area contributed by atoms with Gasteiger partial charge in [0, 0.05) is 12.8 Å². The first-order valence-electron chi connectivity index (χ1n) is 19.4. The number of rotatable bonds is 34. The largest absolute Gasteiger partial charge is 0.480 e. The standard InChI is InChI=1S/C42H66NO10P/c1-3-5-7-9-11-13-15-17-19-21-23-25-27-29-31-33-40(44)50-35-38(36-51-54(48,49)52-37-39(43)42(46)47)53-41(45)34-32-30-28-26-24-22-20-18-16-14-12-10-8-6-4-2/h5-20,38-39H,3-4,21-37,43H2,1-2H3,(H,46,47)(H,48,49)/b7-5+,8-6+,11-9+,12-10+,15-13+,16-14+,19-17+,20-18+/t38-,39+/m1/s1. The van der Waals surface area contributed by atoms with E-state index in [1.165, 1.54) is 0 Å². The van der Waals surface area contributed by atoms with Crippen molar-refractivity contribution in [2.75, 3.05) is 19.8 Å². The fourth-order valence-corrected chi connectivity index (χ4v) is 5.27. The molecule has 1 unspecified atom stereocenters. The first kappa shape index (κ1) is 50.4. The Kier molecular flexibility index (Phi) is 34.0. The fourth-order valence-electron chi connectivity index (χ4n) is 4.50. The Morgan fingerprint density at radius 1 is 0.574 bits per heavy atom. The second-order valence-electron chi connectivity index (χ2n) is 12.5. The van der Waals surface area contributed by atoms with Crippen molar-refractivity contribution in [2.24, 2.45) is 5.73 Å². The van der Waals surface area contributed by atoms with E-state index >= 15 is 0 Å². The minimum absolute atomic E-state index is 0.123. The van der Waals surface area contributed by atoms with E-state index < -0.39 is 51.1 Å². The van der Waals surface area contributed by atoms with Crippen LogP contribution in [0.25, 0.3) is 0 Å². The minimum atomic E-state index is -4.73. The molecule has 0 spiro atoms. The van der Waals surface area contributed by atoms with Gasteiger partial charge in [-0.25, -0.2) is 4.57 Å². The zero-order valence-electron chi connectivity index (χ0n) is 32.5. The summed E-state index contributed by atoms with van der Waals surface area (Å²) in [5.74, 6) is -2.46. The summed E-state index contributed by atoms with van der Waals surface area (Å²) in [6, 6.07) is -1.53. The van der Waals surface area contributed by atoms with Crippen LogP contribution in [0.2, 0.25) is 0 Å². The number of ether oxygens (including phenoxy) is 2. The van der Waals surface area contributed by atoms with Crippen LogP contribution < -0.4 is 5.73 Å². The lowest BCUT2D eigenvalue weighted by atomic mass is 10.1. The van der Waals surface area contributed by atoms with Crippen LogP contribution in [-0.4, -0.2) is 59.9 Å². The zero-order valence-corrected chi connectivity index (χ0v) is 33.4. The molecule has 11 nitrogen and oxygen atoms in total. The van der Waals surface area contributed by atoms with Gasteiger partial charge in [0.05, 0.1) is 13.2 Å². The van der Waals surface area contributed by atoms with E-state index in [1.807, 2.05) is 72.9 Å². The lowest BCUT2D eigenvalue weighted by Gasteiger charge is -2.20. The third-order valence-corrected chi connectivity index (χ3v) is 8.47. The van der Waals surface area contributed by atoms with Crippen molar-refractivity contribution in [2.45, 2.75) is 129 Å². The average molecular weight is 776 g/mol. The van der Waals surface area contributed by atoms with Crippen LogP contribution in [0.1, 0.15) is 117 Å². The van der Waals surface area contributed by atoms with Crippen molar-refractivity contribution in [3.8, 4) is 0 Å². The Balaban J connectivity index is 4.54. The molecule has 0 aliphatic rings. The highest BCUT2D eigenvalue weighted by Gasteiger charge is 2.28. The summed E-state index contributed by atoms with van der Waals surface area (Å²) in [6.07, 6.45) is 44.7. The van der Waals surface area contributed by atoms with Gasteiger partial charge < -0.3 is 25.2 Å². The Labute approximate surface area is 324 Å². The van der Waals surface area contributed by atoms with E-state index in [4.69, 9.17) is 24.8 Å². The maximum absolute atomic E-state index is 12.6. The SMILES string of the molecule is CC/C=C/C=C/C=C/C=C/CCCCCCCC(=O)OC[C@H](COP(=O)(O)OC[C@H](N)C(=O)O)OC(=O)CCCCCCC/C=C/C=C/C=C/C=C/CC. The van der Waals surface area contributed by atoms with E-state index in [0.717, 1.165) is 77.0 Å². The molecule has 0 radical (unpaired) electrons. The summed E-state index contributed by atoms with van der Waals surface area (Å²) in [6.45, 7) is 2.44. The lowest BCUT2D eigenvalue weighted by molar-refractivity contribution is -0.161. The summed E-state index contributed by atoms with van der Waals surface area (Å²) < 4.78 is 32.5. The van der Waals surface area contributed by atoms with Crippen molar-refractivity contribution in [1.82, 2.24) is 0 Å². The average Bonchev–Trinajstić information content (AvgIpc) is 3.14. The molecule has 0 aromatic rings. The number of phosphoric ester groups is 1. The Morgan fingerprint density at radius 3 is 1.46 bits per heavy atom. The minimum Gasteiger partial charge on any atom is -0.480 e. The molecule has 4 N–H and O–H groups in total. The number of hydrogen-bond donors (Lipinski definition) is 3. The van der Waals surface area contributed by atoms with Gasteiger partial charge in [0.15, 0.2) is 6.10 Å². The quantitative estimate of drug-likeness (QED) is 0.0246. The molecule has 304 valence electrons. The lowest BCUT2D eigenvalue weighted by Crippen LogP contribution is -2.34. The second-order valence-corrected chi connectivity index (χ2v) is 13.9. The summed E-state index contributed by atoms with van der Waals surface area (Å²) in [5, 5.41) is 8.87. The number of carboxylic acids is 1. The number of carboxylic acid groups (broad SMARTS) is 1. The molecule has 0 aliphatic heterocycles. The predicted molar refractivity (Wildman–Crippen MR) is 217 cm³/mol. The number of carbonyl (C=O) groups is 3. The van der Waals surface area contributed by atoms with Gasteiger partial charge in [-0.1, -0.05) is 150 Å². The van der Waals surface area contributed by atoms with Crippen molar-refractivity contribution >= 4 is 25.7 Å². The highest BCUT2D eigenvalue weighted by molar-refractivity contribution is 7.47. The first-order valence-corrected chi connectivity index (χ1v) is 20.9. The molecule has 0 amide bonds. The van der Waals surface area contributed by atoms with Gasteiger partial charge in [-0.3, -0.25) is 23.4 Å². The summed E-state index contributed by atoms with van der Waals surface area (Å²) in [4.78, 5) is 45.8. The van der Waals surface area contributed by atoms with Gasteiger partial charge in [0.1, 0.15) is 12.6 Å². The van der Waals surface area contributed by atoms with E-state index in [2.05, 4.69) is 42.7 Å². The normalized spacial score (nSPS) is 14.9. The molecule has 0 aromatic heterocycles. The van der Waals surface area contributed by atoms with Crippen molar-refractivity contribution in [3.63, 3.8) is 0 Å². The molecule has 0 fully saturated rings. The van der Waals surface area contributed by atoms with E-state index in [9.17, 15) is 23.8 Å². The van der Waals surface area contributed by atoms with Gasteiger partial charge in [-0.15, -0.1) is 0 Å². The van der Waals surface area contributed by atoms with E-state index in [1.54, 1.807) is 0 Å². The van der Waals surface area contributed by atoms with Gasteiger partial charge in [-0.05, 0) is 51.4 Å². The van der Waals surface area contributed by atoms with Crippen LogP contribution in [0.5, 0.6) is 0 Å². The van der Waals surface area contributed by atoms with Crippen molar-refractivity contribution < 1.29 is 47.5 Å². The molecule has 12 heteroatoms. The molecule has 54 heavy (non-hydrogen) atoms. The van der Waals surface area contributed by atoms with E-state index in [0.29, 0.717) is 12.8 Å². The number of allylic oxidation sites excluding steroid dienone is 16. The van der Waals surface area contributed by atoms with Gasteiger partial charge in [-0.2, -0.15) is 0 Å². The second kappa shape index (κ2) is 36.4. The van der Waals surface area contributed by atoms with Crippen LogP contribution in [0.3, 0.4) is 0 Å². The fraction of sp³-hybridized carbons (Fsp3) is 0.548. The highest BCUT2D eigenvalue weighted by Crippen LogP contribution is 2.43. The first-order chi connectivity index (χ1) is 26.1. The van der Waals surface area contributed by atoms with Crippen LogP contribution >= 0.6 is 7.82 Å². The number of nitrogens with two attached hydrogens (primary N) is 1. The summed E-state index contributed by atoms with van der Waals surface area (Å²) >= 11 is 0. The Bertz CT molecular complexity index is 1280. The maximum atomic E-state index is 12.6. The van der Waals surface area contributed by atoms with Gasteiger partial charge in [0.2, 0.25) is 0 Å². The molecule has 0 aromatic carbocycles. The number of phosphoric acid groups is 1. The van der Waals surface area contributed by atoms with Crippen LogP contribution in [0, 0.1) is 0 Å². The molecule has 0 saturated heterocycles.